The standard InChI is InChI=1S/C6H8N2O2/c1-4-7-3-5(6(9)10)8(4)2/h3H,1-2H3,(H,9,10). The minimum Gasteiger partial charge on any atom is -0.477 e. The van der Waals surface area contributed by atoms with Crippen LogP contribution in [0.3, 0.4) is 0 Å². The predicted molar refractivity (Wildman–Crippen MR) is 34.9 cm³/mol. The van der Waals surface area contributed by atoms with Crippen molar-refractivity contribution in [2.45, 2.75) is 6.92 Å². The topological polar surface area (TPSA) is 55.1 Å². The van der Waals surface area contributed by atoms with Crippen molar-refractivity contribution < 1.29 is 9.90 Å². The molecule has 1 aromatic rings. The second-order valence-corrected chi connectivity index (χ2v) is 2.05. The van der Waals surface area contributed by atoms with E-state index in [0.29, 0.717) is 5.82 Å². The van der Waals surface area contributed by atoms with Gasteiger partial charge in [0, 0.05) is 7.05 Å². The molecule has 1 rings (SSSR count). The highest BCUT2D eigenvalue weighted by atomic mass is 16.4. The molecule has 1 heterocycles. The molecule has 1 aromatic heterocycles. The molecule has 0 fully saturated rings. The van der Waals surface area contributed by atoms with Gasteiger partial charge in [-0.05, 0) is 6.92 Å². The van der Waals surface area contributed by atoms with E-state index in [-0.39, 0.29) is 5.69 Å². The van der Waals surface area contributed by atoms with Crippen molar-refractivity contribution in [3.8, 4) is 0 Å². The van der Waals surface area contributed by atoms with E-state index in [9.17, 15) is 4.79 Å². The van der Waals surface area contributed by atoms with Gasteiger partial charge in [-0.2, -0.15) is 0 Å². The molecule has 0 radical (unpaired) electrons. The Morgan fingerprint density at radius 3 is 2.60 bits per heavy atom. The van der Waals surface area contributed by atoms with Crippen molar-refractivity contribution in [3.05, 3.63) is 17.7 Å². The fraction of sp³-hybridized carbons (Fsp3) is 0.333. The van der Waals surface area contributed by atoms with E-state index in [1.807, 2.05) is 0 Å². The zero-order chi connectivity index (χ0) is 7.72. The lowest BCUT2D eigenvalue weighted by molar-refractivity contribution is 0.0686. The van der Waals surface area contributed by atoms with Gasteiger partial charge >= 0.3 is 5.97 Å². The molecule has 0 aliphatic heterocycles. The lowest BCUT2D eigenvalue weighted by Gasteiger charge is -1.95. The summed E-state index contributed by atoms with van der Waals surface area (Å²) in [5.41, 5.74) is 0.220. The van der Waals surface area contributed by atoms with Crippen molar-refractivity contribution >= 4 is 5.97 Å². The molecule has 4 heteroatoms. The van der Waals surface area contributed by atoms with Crippen molar-refractivity contribution in [1.29, 1.82) is 0 Å². The Labute approximate surface area is 58.1 Å². The fourth-order valence-corrected chi connectivity index (χ4v) is 0.701. The van der Waals surface area contributed by atoms with Gasteiger partial charge in [-0.25, -0.2) is 9.78 Å². The Hall–Kier alpha value is -1.32. The lowest BCUT2D eigenvalue weighted by Crippen LogP contribution is -2.04. The van der Waals surface area contributed by atoms with Crippen LogP contribution < -0.4 is 0 Å². The van der Waals surface area contributed by atoms with E-state index in [0.717, 1.165) is 0 Å². The summed E-state index contributed by atoms with van der Waals surface area (Å²) in [7, 11) is 1.67. The zero-order valence-electron chi connectivity index (χ0n) is 5.83. The van der Waals surface area contributed by atoms with Gasteiger partial charge in [-0.3, -0.25) is 0 Å². The fourth-order valence-electron chi connectivity index (χ4n) is 0.701. The molecule has 0 atom stereocenters. The van der Waals surface area contributed by atoms with Crippen molar-refractivity contribution in [1.82, 2.24) is 9.55 Å². The number of hydrogen-bond donors (Lipinski definition) is 1. The highest BCUT2D eigenvalue weighted by Crippen LogP contribution is 2.00. The normalized spacial score (nSPS) is 9.80. The highest BCUT2D eigenvalue weighted by molar-refractivity contribution is 5.85. The van der Waals surface area contributed by atoms with Crippen molar-refractivity contribution in [2.24, 2.45) is 7.05 Å². The maximum absolute atomic E-state index is 10.4. The Bertz CT molecular complexity index is 265. The first-order chi connectivity index (χ1) is 4.63. The summed E-state index contributed by atoms with van der Waals surface area (Å²) in [6.45, 7) is 1.76. The molecule has 4 nitrogen and oxygen atoms in total. The van der Waals surface area contributed by atoms with Crippen LogP contribution in [-0.4, -0.2) is 20.6 Å². The number of hydrogen-bond acceptors (Lipinski definition) is 2. The van der Waals surface area contributed by atoms with Crippen LogP contribution >= 0.6 is 0 Å². The minimum atomic E-state index is -0.942. The van der Waals surface area contributed by atoms with Gasteiger partial charge in [0.2, 0.25) is 0 Å². The summed E-state index contributed by atoms with van der Waals surface area (Å²) >= 11 is 0. The highest BCUT2D eigenvalue weighted by Gasteiger charge is 2.08. The summed E-state index contributed by atoms with van der Waals surface area (Å²) in [5, 5.41) is 8.52. The van der Waals surface area contributed by atoms with Gasteiger partial charge in [0.05, 0.1) is 6.20 Å². The maximum Gasteiger partial charge on any atom is 0.354 e. The van der Waals surface area contributed by atoms with E-state index in [1.165, 1.54) is 10.8 Å². The van der Waals surface area contributed by atoms with Gasteiger partial charge in [0.1, 0.15) is 11.5 Å². The number of imidazole rings is 1. The number of carbonyl (C=O) groups is 1. The molecular weight excluding hydrogens is 132 g/mol. The van der Waals surface area contributed by atoms with Crippen LogP contribution in [0.1, 0.15) is 16.3 Å². The average molecular weight is 140 g/mol. The van der Waals surface area contributed by atoms with Crippen LogP contribution in [0, 0.1) is 6.92 Å². The van der Waals surface area contributed by atoms with E-state index in [2.05, 4.69) is 4.98 Å². The quantitative estimate of drug-likeness (QED) is 0.615. The first-order valence-electron chi connectivity index (χ1n) is 2.84. The number of carboxylic acid groups (broad SMARTS) is 1. The van der Waals surface area contributed by atoms with E-state index in [1.54, 1.807) is 14.0 Å². The second-order valence-electron chi connectivity index (χ2n) is 2.05. The summed E-state index contributed by atoms with van der Waals surface area (Å²) in [6.07, 6.45) is 1.34. The summed E-state index contributed by atoms with van der Waals surface area (Å²) in [6, 6.07) is 0. The van der Waals surface area contributed by atoms with E-state index >= 15 is 0 Å². The summed E-state index contributed by atoms with van der Waals surface area (Å²) < 4.78 is 1.53. The Balaban J connectivity index is 3.17. The third-order valence-electron chi connectivity index (χ3n) is 1.44. The third-order valence-corrected chi connectivity index (χ3v) is 1.44. The molecule has 0 aliphatic carbocycles. The van der Waals surface area contributed by atoms with Gasteiger partial charge in [0.15, 0.2) is 0 Å². The Kier molecular flexibility index (Phi) is 1.45. The number of rotatable bonds is 1. The second kappa shape index (κ2) is 2.13. The minimum absolute atomic E-state index is 0.220. The van der Waals surface area contributed by atoms with E-state index < -0.39 is 5.97 Å². The molecule has 1 N–H and O–H groups in total. The zero-order valence-corrected chi connectivity index (χ0v) is 5.83. The van der Waals surface area contributed by atoms with Gasteiger partial charge in [0.25, 0.3) is 0 Å². The van der Waals surface area contributed by atoms with Crippen LogP contribution in [-0.2, 0) is 7.05 Å². The molecular formula is C6H8N2O2. The molecule has 0 spiro atoms. The third kappa shape index (κ3) is 0.877. The monoisotopic (exact) mass is 140 g/mol. The first-order valence-corrected chi connectivity index (χ1v) is 2.84. The van der Waals surface area contributed by atoms with Gasteiger partial charge in [-0.1, -0.05) is 0 Å². The number of aromatic carboxylic acids is 1. The smallest absolute Gasteiger partial charge is 0.354 e. The van der Waals surface area contributed by atoms with Gasteiger partial charge < -0.3 is 9.67 Å². The van der Waals surface area contributed by atoms with E-state index in [4.69, 9.17) is 5.11 Å². The summed E-state index contributed by atoms with van der Waals surface area (Å²) in [5.74, 6) is -0.236. The predicted octanol–water partition coefficient (Wildman–Crippen LogP) is 0.427. The molecule has 10 heavy (non-hydrogen) atoms. The molecule has 0 aromatic carbocycles. The average Bonchev–Trinajstić information content (AvgIpc) is 2.14. The molecule has 0 amide bonds. The van der Waals surface area contributed by atoms with Crippen LogP contribution in [0.2, 0.25) is 0 Å². The molecule has 0 bridgehead atoms. The largest absolute Gasteiger partial charge is 0.477 e. The maximum atomic E-state index is 10.4. The Morgan fingerprint density at radius 1 is 1.80 bits per heavy atom. The number of aromatic nitrogens is 2. The number of carboxylic acids is 1. The SMILES string of the molecule is Cc1ncc(C(=O)O)n1C. The van der Waals surface area contributed by atoms with Crippen molar-refractivity contribution in [3.63, 3.8) is 0 Å². The molecule has 0 saturated heterocycles. The first kappa shape index (κ1) is 6.80. The number of nitrogens with zero attached hydrogens (tertiary/aromatic N) is 2. The molecule has 54 valence electrons. The lowest BCUT2D eigenvalue weighted by atomic mass is 10.5. The van der Waals surface area contributed by atoms with Crippen LogP contribution in [0.4, 0.5) is 0 Å². The molecule has 0 aliphatic rings. The van der Waals surface area contributed by atoms with Crippen LogP contribution in [0.15, 0.2) is 6.20 Å². The van der Waals surface area contributed by atoms with Gasteiger partial charge in [-0.15, -0.1) is 0 Å². The Morgan fingerprint density at radius 2 is 2.40 bits per heavy atom. The van der Waals surface area contributed by atoms with Crippen molar-refractivity contribution in [2.75, 3.05) is 0 Å². The van der Waals surface area contributed by atoms with Crippen LogP contribution in [0.25, 0.3) is 0 Å². The molecule has 0 saturated carbocycles. The molecule has 0 unspecified atom stereocenters. The van der Waals surface area contributed by atoms with Crippen LogP contribution in [0.5, 0.6) is 0 Å². The number of aryl methyl sites for hydroxylation is 1. The summed E-state index contributed by atoms with van der Waals surface area (Å²) in [4.78, 5) is 14.2.